The highest BCUT2D eigenvalue weighted by molar-refractivity contribution is 6.35. The van der Waals surface area contributed by atoms with E-state index in [0.717, 1.165) is 49.0 Å². The van der Waals surface area contributed by atoms with E-state index in [1.54, 1.807) is 12.3 Å². The van der Waals surface area contributed by atoms with Crippen molar-refractivity contribution in [3.63, 3.8) is 0 Å². The smallest absolute Gasteiger partial charge is 0.300 e. The molecule has 0 spiro atoms. The molecule has 7 nitrogen and oxygen atoms in total. The second-order valence-electron chi connectivity index (χ2n) is 7.63. The molecule has 0 bridgehead atoms. The lowest BCUT2D eigenvalue weighted by Crippen LogP contribution is -2.46. The Kier molecular flexibility index (Phi) is 6.44. The van der Waals surface area contributed by atoms with E-state index in [1.165, 1.54) is 0 Å². The summed E-state index contributed by atoms with van der Waals surface area (Å²) in [6, 6.07) is 17.4. The standard InChI is InChI=1S/C22H18Cl2N4O.C2H4O2/c23-17-11-15(12-18(24)13-17)14-4-1-5-16(10-14)22(19-6-2-9-29-19)20-26-7-3-8-28(20)21(25)27-22;1-2(3)4/h1-2,4-6,9-13H,3,7-8H2,(H2,25,27);1H3,(H,3,4). The van der Waals surface area contributed by atoms with E-state index in [2.05, 4.69) is 6.07 Å². The minimum absolute atomic E-state index is 0.455. The summed E-state index contributed by atoms with van der Waals surface area (Å²) in [7, 11) is 0. The number of nitrogens with two attached hydrogens (primary N) is 1. The molecule has 0 saturated carbocycles. The number of carboxylic acid groups (broad SMARTS) is 1. The van der Waals surface area contributed by atoms with Gasteiger partial charge in [-0.15, -0.1) is 0 Å². The molecule has 1 atom stereocenters. The van der Waals surface area contributed by atoms with Crippen LogP contribution in [0.25, 0.3) is 11.1 Å². The zero-order valence-electron chi connectivity index (χ0n) is 17.8. The first-order valence-corrected chi connectivity index (χ1v) is 11.0. The van der Waals surface area contributed by atoms with Gasteiger partial charge in [0.05, 0.1) is 6.26 Å². The minimum Gasteiger partial charge on any atom is -0.481 e. The highest BCUT2D eigenvalue weighted by Gasteiger charge is 2.51. The third-order valence-corrected chi connectivity index (χ3v) is 5.73. The van der Waals surface area contributed by atoms with Crippen LogP contribution in [-0.4, -0.2) is 40.9 Å². The molecule has 170 valence electrons. The topological polar surface area (TPSA) is 104 Å². The number of amidine groups is 1. The Balaban J connectivity index is 0.000000601. The van der Waals surface area contributed by atoms with Crippen molar-refractivity contribution >= 4 is 41.0 Å². The molecular weight excluding hydrogens is 463 g/mol. The number of furan rings is 1. The van der Waals surface area contributed by atoms with E-state index < -0.39 is 11.5 Å². The van der Waals surface area contributed by atoms with Crippen molar-refractivity contribution in [1.82, 2.24) is 4.90 Å². The Hall–Kier alpha value is -3.29. The number of carbonyl (C=O) groups is 1. The highest BCUT2D eigenvalue weighted by Crippen LogP contribution is 2.42. The van der Waals surface area contributed by atoms with Gasteiger partial charge in [0.1, 0.15) is 11.6 Å². The molecule has 0 fully saturated rings. The second-order valence-corrected chi connectivity index (χ2v) is 8.50. The number of hydrogen-bond acceptors (Lipinski definition) is 6. The average molecular weight is 485 g/mol. The zero-order valence-corrected chi connectivity index (χ0v) is 19.3. The Bertz CT molecular complexity index is 1220. The number of aliphatic carboxylic acids is 1. The Morgan fingerprint density at radius 3 is 2.52 bits per heavy atom. The van der Waals surface area contributed by atoms with Crippen LogP contribution < -0.4 is 5.73 Å². The van der Waals surface area contributed by atoms with Gasteiger partial charge in [-0.2, -0.15) is 0 Å². The van der Waals surface area contributed by atoms with Crippen molar-refractivity contribution < 1.29 is 14.3 Å². The van der Waals surface area contributed by atoms with E-state index in [4.69, 9.17) is 53.2 Å². The molecule has 2 aliphatic rings. The number of carboxylic acids is 1. The van der Waals surface area contributed by atoms with E-state index >= 15 is 0 Å². The van der Waals surface area contributed by atoms with Crippen molar-refractivity contribution in [2.24, 2.45) is 15.7 Å². The fraction of sp³-hybridized carbons (Fsp3) is 0.208. The van der Waals surface area contributed by atoms with Gasteiger partial charge in [0.2, 0.25) is 5.54 Å². The maximum atomic E-state index is 9.00. The van der Waals surface area contributed by atoms with Gasteiger partial charge in [-0.1, -0.05) is 41.4 Å². The zero-order chi connectivity index (χ0) is 23.6. The molecule has 5 rings (SSSR count). The molecule has 2 aromatic carbocycles. The Labute approximate surface area is 201 Å². The predicted octanol–water partition coefficient (Wildman–Crippen LogP) is 5.02. The van der Waals surface area contributed by atoms with Crippen LogP contribution in [-0.2, 0) is 10.3 Å². The van der Waals surface area contributed by atoms with Gasteiger partial charge < -0.3 is 15.3 Å². The van der Waals surface area contributed by atoms with Crippen molar-refractivity contribution in [2.45, 2.75) is 18.9 Å². The first-order valence-electron chi connectivity index (χ1n) is 10.3. The summed E-state index contributed by atoms with van der Waals surface area (Å²) in [5.41, 5.74) is 8.23. The maximum Gasteiger partial charge on any atom is 0.300 e. The van der Waals surface area contributed by atoms with Gasteiger partial charge in [0, 0.05) is 30.1 Å². The van der Waals surface area contributed by atoms with Crippen LogP contribution in [0.4, 0.5) is 0 Å². The van der Waals surface area contributed by atoms with Crippen LogP contribution in [0.5, 0.6) is 0 Å². The van der Waals surface area contributed by atoms with Crippen molar-refractivity contribution in [1.29, 1.82) is 0 Å². The monoisotopic (exact) mass is 484 g/mol. The average Bonchev–Trinajstić information content (AvgIpc) is 3.41. The number of fused-ring (bicyclic) bond motifs is 1. The van der Waals surface area contributed by atoms with Gasteiger partial charge in [-0.05, 0) is 59.5 Å². The normalized spacial score (nSPS) is 19.2. The van der Waals surface area contributed by atoms with Gasteiger partial charge in [-0.3, -0.25) is 14.7 Å². The second kappa shape index (κ2) is 9.29. The molecule has 1 aromatic heterocycles. The Morgan fingerprint density at radius 2 is 1.85 bits per heavy atom. The van der Waals surface area contributed by atoms with Crippen LogP contribution in [0.3, 0.4) is 0 Å². The summed E-state index contributed by atoms with van der Waals surface area (Å²) in [6.45, 7) is 2.61. The molecule has 3 N–H and O–H groups in total. The summed E-state index contributed by atoms with van der Waals surface area (Å²) < 4.78 is 5.84. The molecule has 2 aliphatic heterocycles. The molecule has 9 heteroatoms. The Morgan fingerprint density at radius 1 is 1.12 bits per heavy atom. The molecule has 3 heterocycles. The van der Waals surface area contributed by atoms with Gasteiger partial charge in [-0.25, -0.2) is 4.99 Å². The molecule has 0 aliphatic carbocycles. The van der Waals surface area contributed by atoms with E-state index in [9.17, 15) is 0 Å². The van der Waals surface area contributed by atoms with Crippen LogP contribution in [0, 0.1) is 0 Å². The molecule has 0 saturated heterocycles. The number of halogens is 2. The van der Waals surface area contributed by atoms with E-state index in [0.29, 0.717) is 21.8 Å². The quantitative estimate of drug-likeness (QED) is 0.542. The van der Waals surface area contributed by atoms with Gasteiger partial charge in [0.15, 0.2) is 5.96 Å². The molecule has 1 unspecified atom stereocenters. The highest BCUT2D eigenvalue weighted by atomic mass is 35.5. The summed E-state index contributed by atoms with van der Waals surface area (Å²) in [4.78, 5) is 20.7. The van der Waals surface area contributed by atoms with Gasteiger partial charge >= 0.3 is 0 Å². The number of guanidine groups is 1. The lowest BCUT2D eigenvalue weighted by molar-refractivity contribution is -0.134. The number of aliphatic imine (C=N–C) groups is 2. The lowest BCUT2D eigenvalue weighted by Gasteiger charge is -2.31. The molecular formula is C24H22Cl2N4O3. The van der Waals surface area contributed by atoms with Crippen LogP contribution in [0.1, 0.15) is 24.7 Å². The lowest BCUT2D eigenvalue weighted by atomic mass is 9.84. The number of hydrogen-bond donors (Lipinski definition) is 2. The molecule has 0 amide bonds. The van der Waals surface area contributed by atoms with Crippen LogP contribution in [0.15, 0.2) is 75.3 Å². The van der Waals surface area contributed by atoms with Crippen LogP contribution in [0.2, 0.25) is 10.0 Å². The first kappa shape index (κ1) is 22.9. The largest absolute Gasteiger partial charge is 0.481 e. The molecule has 3 aromatic rings. The third kappa shape index (κ3) is 4.47. The summed E-state index contributed by atoms with van der Waals surface area (Å²) in [5.74, 6) is 1.11. The molecule has 0 radical (unpaired) electrons. The van der Waals surface area contributed by atoms with Crippen LogP contribution >= 0.6 is 23.2 Å². The van der Waals surface area contributed by atoms with Crippen molar-refractivity contribution in [3.8, 4) is 11.1 Å². The third-order valence-electron chi connectivity index (χ3n) is 5.29. The van der Waals surface area contributed by atoms with E-state index in [1.807, 2.05) is 47.4 Å². The first-order chi connectivity index (χ1) is 15.8. The summed E-state index contributed by atoms with van der Waals surface area (Å²) in [6.07, 6.45) is 2.59. The van der Waals surface area contributed by atoms with E-state index in [-0.39, 0.29) is 0 Å². The number of benzene rings is 2. The fourth-order valence-electron chi connectivity index (χ4n) is 4.05. The van der Waals surface area contributed by atoms with Crippen molar-refractivity contribution in [3.05, 3.63) is 82.2 Å². The minimum atomic E-state index is -0.910. The summed E-state index contributed by atoms with van der Waals surface area (Å²) >= 11 is 12.4. The maximum absolute atomic E-state index is 9.00. The fourth-order valence-corrected chi connectivity index (χ4v) is 4.58. The molecule has 33 heavy (non-hydrogen) atoms. The number of rotatable bonds is 3. The van der Waals surface area contributed by atoms with Gasteiger partial charge in [0.25, 0.3) is 5.97 Å². The summed E-state index contributed by atoms with van der Waals surface area (Å²) in [5, 5.41) is 8.59. The SMILES string of the molecule is CC(=O)O.NC1=NC(c2cccc(-c3cc(Cl)cc(Cl)c3)c2)(c2ccco2)C2=NCCCN12. The number of nitrogens with zero attached hydrogens (tertiary/aromatic N) is 3. The van der Waals surface area contributed by atoms with Crippen molar-refractivity contribution in [2.75, 3.05) is 13.1 Å². The predicted molar refractivity (Wildman–Crippen MR) is 130 cm³/mol.